The number of likely N-dealkylation sites (N-methyl/N-ethyl adjacent to an activating group) is 1. The highest BCUT2D eigenvalue weighted by molar-refractivity contribution is 7.99. The summed E-state index contributed by atoms with van der Waals surface area (Å²) in [5.41, 5.74) is -0.611. The molecule has 0 spiro atoms. The fourth-order valence-corrected chi connectivity index (χ4v) is 2.56. The number of thioether (sulfide) groups is 1. The molecule has 0 aromatic heterocycles. The average molecular weight is 246 g/mol. The van der Waals surface area contributed by atoms with Crippen molar-refractivity contribution < 1.29 is 9.90 Å². The Labute approximate surface area is 102 Å². The summed E-state index contributed by atoms with van der Waals surface area (Å²) in [5, 5.41) is 10.3. The lowest BCUT2D eigenvalue weighted by molar-refractivity contribution is -0.133. The van der Waals surface area contributed by atoms with Crippen LogP contribution in [0.15, 0.2) is 0 Å². The van der Waals surface area contributed by atoms with E-state index in [1.165, 1.54) is 0 Å². The topological polar surface area (TPSA) is 43.8 Å². The highest BCUT2D eigenvalue weighted by Gasteiger charge is 2.33. The minimum atomic E-state index is -0.611. The summed E-state index contributed by atoms with van der Waals surface area (Å²) in [7, 11) is 3.92. The Balaban J connectivity index is 2.41. The molecule has 1 fully saturated rings. The van der Waals surface area contributed by atoms with Crippen LogP contribution in [0.1, 0.15) is 12.8 Å². The van der Waals surface area contributed by atoms with Crippen LogP contribution < -0.4 is 0 Å². The molecule has 1 aliphatic rings. The summed E-state index contributed by atoms with van der Waals surface area (Å²) in [4.78, 5) is 15.5. The van der Waals surface area contributed by atoms with E-state index in [9.17, 15) is 9.90 Å². The number of nitrogens with zero attached hydrogens (tertiary/aromatic N) is 2. The van der Waals surface area contributed by atoms with Gasteiger partial charge < -0.3 is 14.9 Å². The van der Waals surface area contributed by atoms with Crippen LogP contribution in [-0.2, 0) is 4.79 Å². The Kier molecular flexibility index (Phi) is 5.08. The van der Waals surface area contributed by atoms with E-state index >= 15 is 0 Å². The van der Waals surface area contributed by atoms with Gasteiger partial charge in [0.15, 0.2) is 0 Å². The molecule has 1 amide bonds. The third-order valence-corrected chi connectivity index (χ3v) is 3.46. The molecule has 0 aliphatic carbocycles. The van der Waals surface area contributed by atoms with E-state index in [1.54, 1.807) is 11.8 Å². The summed E-state index contributed by atoms with van der Waals surface area (Å²) >= 11 is 1.55. The van der Waals surface area contributed by atoms with Gasteiger partial charge in [0.05, 0.1) is 11.4 Å². The summed E-state index contributed by atoms with van der Waals surface area (Å²) in [6.07, 6.45) is 3.31. The Bertz CT molecular complexity index is 238. The second kappa shape index (κ2) is 5.89. The van der Waals surface area contributed by atoms with Gasteiger partial charge in [-0.1, -0.05) is 0 Å². The van der Waals surface area contributed by atoms with E-state index < -0.39 is 5.60 Å². The number of rotatable bonds is 4. The third kappa shape index (κ3) is 3.96. The SMILES string of the molecule is CSCC(=O)N1CCC(O)(CN(C)C)CC1. The van der Waals surface area contributed by atoms with Crippen molar-refractivity contribution in [1.82, 2.24) is 9.80 Å². The molecule has 0 bridgehead atoms. The average Bonchev–Trinajstić information content (AvgIpc) is 2.17. The van der Waals surface area contributed by atoms with E-state index in [-0.39, 0.29) is 5.91 Å². The molecule has 1 aliphatic heterocycles. The van der Waals surface area contributed by atoms with Gasteiger partial charge in [0.2, 0.25) is 5.91 Å². The van der Waals surface area contributed by atoms with Crippen molar-refractivity contribution in [3.05, 3.63) is 0 Å². The molecule has 1 saturated heterocycles. The number of hydrogen-bond donors (Lipinski definition) is 1. The first-order valence-corrected chi connectivity index (χ1v) is 7.00. The van der Waals surface area contributed by atoms with Crippen LogP contribution in [0.5, 0.6) is 0 Å². The first-order valence-electron chi connectivity index (χ1n) is 5.61. The second-order valence-corrected chi connectivity index (χ2v) is 5.64. The molecule has 1 rings (SSSR count). The Hall–Kier alpha value is -0.260. The van der Waals surface area contributed by atoms with E-state index in [1.807, 2.05) is 30.2 Å². The third-order valence-electron chi connectivity index (χ3n) is 2.93. The van der Waals surface area contributed by atoms with Crippen molar-refractivity contribution in [2.45, 2.75) is 18.4 Å². The lowest BCUT2D eigenvalue weighted by atomic mass is 9.91. The maximum atomic E-state index is 11.6. The molecule has 4 nitrogen and oxygen atoms in total. The number of carbonyl (C=O) groups excluding carboxylic acids is 1. The van der Waals surface area contributed by atoms with Gasteiger partial charge in [0, 0.05) is 19.6 Å². The first-order chi connectivity index (χ1) is 7.47. The zero-order valence-corrected chi connectivity index (χ0v) is 11.2. The summed E-state index contributed by atoms with van der Waals surface area (Å²) in [6.45, 7) is 2.05. The van der Waals surface area contributed by atoms with Crippen molar-refractivity contribution in [3.8, 4) is 0 Å². The normalized spacial score (nSPS) is 20.2. The van der Waals surface area contributed by atoms with Crippen LogP contribution in [0.2, 0.25) is 0 Å². The van der Waals surface area contributed by atoms with Gasteiger partial charge in [-0.15, -0.1) is 0 Å². The number of hydrogen-bond acceptors (Lipinski definition) is 4. The molecular formula is C11H22N2O2S. The molecule has 0 unspecified atom stereocenters. The molecule has 1 N–H and O–H groups in total. The van der Waals surface area contributed by atoms with Crippen molar-refractivity contribution in [1.29, 1.82) is 0 Å². The zero-order valence-electron chi connectivity index (χ0n) is 10.4. The molecule has 0 aromatic carbocycles. The van der Waals surface area contributed by atoms with E-state index in [0.717, 1.165) is 0 Å². The van der Waals surface area contributed by atoms with Gasteiger partial charge in [-0.25, -0.2) is 0 Å². The second-order valence-electron chi connectivity index (χ2n) is 4.78. The van der Waals surface area contributed by atoms with Gasteiger partial charge in [0.25, 0.3) is 0 Å². The highest BCUT2D eigenvalue weighted by Crippen LogP contribution is 2.23. The lowest BCUT2D eigenvalue weighted by Gasteiger charge is -2.39. The molecule has 0 radical (unpaired) electrons. The molecule has 1 heterocycles. The fraction of sp³-hybridized carbons (Fsp3) is 0.909. The monoisotopic (exact) mass is 246 g/mol. The number of amides is 1. The summed E-state index contributed by atoms with van der Waals surface area (Å²) in [6, 6.07) is 0. The number of likely N-dealkylation sites (tertiary alicyclic amines) is 1. The molecular weight excluding hydrogens is 224 g/mol. The van der Waals surface area contributed by atoms with Crippen LogP contribution in [0.25, 0.3) is 0 Å². The Morgan fingerprint density at radius 2 is 2.00 bits per heavy atom. The van der Waals surface area contributed by atoms with Crippen LogP contribution in [0.4, 0.5) is 0 Å². The van der Waals surface area contributed by atoms with Gasteiger partial charge in [-0.05, 0) is 33.2 Å². The minimum Gasteiger partial charge on any atom is -0.388 e. The van der Waals surface area contributed by atoms with Crippen molar-refractivity contribution >= 4 is 17.7 Å². The summed E-state index contributed by atoms with van der Waals surface area (Å²) < 4.78 is 0. The maximum absolute atomic E-state index is 11.6. The largest absolute Gasteiger partial charge is 0.388 e. The molecule has 0 saturated carbocycles. The minimum absolute atomic E-state index is 0.194. The lowest BCUT2D eigenvalue weighted by Crippen LogP contribution is -2.51. The predicted molar refractivity (Wildman–Crippen MR) is 67.7 cm³/mol. The predicted octanol–water partition coefficient (Wildman–Crippen LogP) is 0.265. The number of piperidine rings is 1. The van der Waals surface area contributed by atoms with Crippen molar-refractivity contribution in [2.24, 2.45) is 0 Å². The fourth-order valence-electron chi connectivity index (χ4n) is 2.13. The van der Waals surface area contributed by atoms with Gasteiger partial charge in [-0.2, -0.15) is 11.8 Å². The molecule has 94 valence electrons. The van der Waals surface area contributed by atoms with Crippen LogP contribution in [0, 0.1) is 0 Å². The van der Waals surface area contributed by atoms with E-state index in [2.05, 4.69) is 0 Å². The number of carbonyl (C=O) groups is 1. The Morgan fingerprint density at radius 1 is 1.44 bits per heavy atom. The smallest absolute Gasteiger partial charge is 0.232 e. The summed E-state index contributed by atoms with van der Waals surface area (Å²) in [5.74, 6) is 0.742. The molecule has 0 aromatic rings. The van der Waals surface area contributed by atoms with Gasteiger partial charge in [0.1, 0.15) is 0 Å². The quantitative estimate of drug-likeness (QED) is 0.773. The van der Waals surface area contributed by atoms with Gasteiger partial charge >= 0.3 is 0 Å². The van der Waals surface area contributed by atoms with E-state index in [4.69, 9.17) is 0 Å². The molecule has 5 heteroatoms. The van der Waals surface area contributed by atoms with Crippen molar-refractivity contribution in [2.75, 3.05) is 45.7 Å². The molecule has 16 heavy (non-hydrogen) atoms. The standard InChI is InChI=1S/C11H22N2O2S/c1-12(2)9-11(15)4-6-13(7-5-11)10(14)8-16-3/h15H,4-9H2,1-3H3. The van der Waals surface area contributed by atoms with Gasteiger partial charge in [-0.3, -0.25) is 4.79 Å². The van der Waals surface area contributed by atoms with Crippen LogP contribution in [0.3, 0.4) is 0 Å². The van der Waals surface area contributed by atoms with Crippen LogP contribution >= 0.6 is 11.8 Å². The maximum Gasteiger partial charge on any atom is 0.232 e. The Morgan fingerprint density at radius 3 is 2.44 bits per heavy atom. The zero-order chi connectivity index (χ0) is 12.2. The molecule has 0 atom stereocenters. The first kappa shape index (κ1) is 13.8. The van der Waals surface area contributed by atoms with E-state index in [0.29, 0.717) is 38.2 Å². The van der Waals surface area contributed by atoms with Crippen molar-refractivity contribution in [3.63, 3.8) is 0 Å². The number of aliphatic hydroxyl groups is 1. The highest BCUT2D eigenvalue weighted by atomic mass is 32.2. The van der Waals surface area contributed by atoms with Crippen LogP contribution in [-0.4, -0.2) is 72.2 Å².